The molecule has 0 radical (unpaired) electrons. The van der Waals surface area contributed by atoms with Gasteiger partial charge in [-0.05, 0) is 17.0 Å². The SMILES string of the molecule is CC(C)(C)c1ccc(C(=O)c2ncc(Cl)cc2Cl)cc1. The number of ketones is 1. The first-order chi connectivity index (χ1) is 9.29. The molecule has 0 N–H and O–H groups in total. The molecule has 0 saturated carbocycles. The smallest absolute Gasteiger partial charge is 0.212 e. The maximum absolute atomic E-state index is 12.3. The van der Waals surface area contributed by atoms with Crippen molar-refractivity contribution in [2.45, 2.75) is 26.2 Å². The van der Waals surface area contributed by atoms with E-state index in [1.54, 1.807) is 12.1 Å². The number of pyridine rings is 1. The van der Waals surface area contributed by atoms with E-state index in [4.69, 9.17) is 23.2 Å². The summed E-state index contributed by atoms with van der Waals surface area (Å²) in [6, 6.07) is 9.03. The quantitative estimate of drug-likeness (QED) is 0.737. The molecule has 0 amide bonds. The number of halogens is 2. The molecule has 0 bridgehead atoms. The van der Waals surface area contributed by atoms with Crippen LogP contribution in [0, 0.1) is 0 Å². The van der Waals surface area contributed by atoms with Crippen molar-refractivity contribution in [1.82, 2.24) is 4.98 Å². The number of carbonyl (C=O) groups is 1. The van der Waals surface area contributed by atoms with Crippen molar-refractivity contribution < 1.29 is 4.79 Å². The molecule has 20 heavy (non-hydrogen) atoms. The molecule has 4 heteroatoms. The highest BCUT2D eigenvalue weighted by atomic mass is 35.5. The fraction of sp³-hybridized carbons (Fsp3) is 0.250. The Hall–Kier alpha value is -1.38. The molecular formula is C16H15Cl2NO. The summed E-state index contributed by atoms with van der Waals surface area (Å²) in [5, 5.41) is 0.678. The summed E-state index contributed by atoms with van der Waals surface area (Å²) >= 11 is 11.8. The molecule has 2 rings (SSSR count). The fourth-order valence-corrected chi connectivity index (χ4v) is 2.31. The van der Waals surface area contributed by atoms with Gasteiger partial charge in [0.15, 0.2) is 0 Å². The number of aromatic nitrogens is 1. The van der Waals surface area contributed by atoms with Crippen LogP contribution in [0.1, 0.15) is 42.4 Å². The van der Waals surface area contributed by atoms with E-state index in [1.165, 1.54) is 17.8 Å². The summed E-state index contributed by atoms with van der Waals surface area (Å²) in [6.45, 7) is 6.38. The molecule has 0 spiro atoms. The molecule has 2 aromatic rings. The number of rotatable bonds is 2. The van der Waals surface area contributed by atoms with E-state index in [2.05, 4.69) is 25.8 Å². The van der Waals surface area contributed by atoms with Crippen LogP contribution in [0.2, 0.25) is 10.0 Å². The zero-order chi connectivity index (χ0) is 14.9. The van der Waals surface area contributed by atoms with E-state index in [0.717, 1.165) is 0 Å². The lowest BCUT2D eigenvalue weighted by Crippen LogP contribution is -2.11. The van der Waals surface area contributed by atoms with Crippen LogP contribution in [-0.2, 0) is 5.41 Å². The number of hydrogen-bond donors (Lipinski definition) is 0. The van der Waals surface area contributed by atoms with Crippen LogP contribution in [0.4, 0.5) is 0 Å². The number of carbonyl (C=O) groups excluding carboxylic acids is 1. The topological polar surface area (TPSA) is 30.0 Å². The maximum Gasteiger partial charge on any atom is 0.212 e. The third kappa shape index (κ3) is 3.20. The molecule has 0 saturated heterocycles. The molecule has 0 aliphatic carbocycles. The first-order valence-corrected chi connectivity index (χ1v) is 7.01. The normalized spacial score (nSPS) is 11.4. The molecule has 1 heterocycles. The molecule has 1 aromatic carbocycles. The van der Waals surface area contributed by atoms with Crippen LogP contribution in [0.15, 0.2) is 36.5 Å². The van der Waals surface area contributed by atoms with Crippen molar-refractivity contribution in [3.63, 3.8) is 0 Å². The number of nitrogens with zero attached hydrogens (tertiary/aromatic N) is 1. The second-order valence-electron chi connectivity index (χ2n) is 5.64. The van der Waals surface area contributed by atoms with Crippen LogP contribution < -0.4 is 0 Å². The van der Waals surface area contributed by atoms with Gasteiger partial charge >= 0.3 is 0 Å². The molecule has 0 unspecified atom stereocenters. The lowest BCUT2D eigenvalue weighted by Gasteiger charge is -2.19. The minimum Gasteiger partial charge on any atom is -0.287 e. The largest absolute Gasteiger partial charge is 0.287 e. The average Bonchev–Trinajstić information content (AvgIpc) is 2.37. The standard InChI is InChI=1S/C16H15Cl2NO/c1-16(2,3)11-6-4-10(5-7-11)15(20)14-13(18)8-12(17)9-19-14/h4-9H,1-3H3. The van der Waals surface area contributed by atoms with Gasteiger partial charge in [-0.25, -0.2) is 4.98 Å². The fourth-order valence-electron chi connectivity index (χ4n) is 1.84. The Morgan fingerprint density at radius 3 is 2.20 bits per heavy atom. The molecule has 0 fully saturated rings. The zero-order valence-corrected chi connectivity index (χ0v) is 13.1. The summed E-state index contributed by atoms with van der Waals surface area (Å²) in [6.07, 6.45) is 1.42. The number of hydrogen-bond acceptors (Lipinski definition) is 2. The minimum atomic E-state index is -0.202. The number of benzene rings is 1. The van der Waals surface area contributed by atoms with Crippen molar-refractivity contribution in [1.29, 1.82) is 0 Å². The van der Waals surface area contributed by atoms with Crippen molar-refractivity contribution in [3.05, 3.63) is 63.4 Å². The Morgan fingerprint density at radius 2 is 1.70 bits per heavy atom. The zero-order valence-electron chi connectivity index (χ0n) is 11.6. The highest BCUT2D eigenvalue weighted by Gasteiger charge is 2.17. The van der Waals surface area contributed by atoms with Gasteiger partial charge in [0.1, 0.15) is 5.69 Å². The molecule has 1 aromatic heterocycles. The Balaban J connectivity index is 2.34. The van der Waals surface area contributed by atoms with Gasteiger partial charge < -0.3 is 0 Å². The van der Waals surface area contributed by atoms with E-state index in [1.807, 2.05) is 12.1 Å². The third-order valence-corrected chi connectivity index (χ3v) is 3.53. The predicted octanol–water partition coefficient (Wildman–Crippen LogP) is 4.92. The molecule has 0 aliphatic heterocycles. The van der Waals surface area contributed by atoms with Crippen molar-refractivity contribution >= 4 is 29.0 Å². The van der Waals surface area contributed by atoms with Crippen molar-refractivity contribution in [2.75, 3.05) is 0 Å². The lowest BCUT2D eigenvalue weighted by molar-refractivity contribution is 0.103. The summed E-state index contributed by atoms with van der Waals surface area (Å²) in [4.78, 5) is 16.4. The van der Waals surface area contributed by atoms with Crippen LogP contribution in [0.5, 0.6) is 0 Å². The third-order valence-electron chi connectivity index (χ3n) is 3.04. The first-order valence-electron chi connectivity index (χ1n) is 6.25. The summed E-state index contributed by atoms with van der Waals surface area (Å²) in [7, 11) is 0. The summed E-state index contributed by atoms with van der Waals surface area (Å²) in [5.74, 6) is -0.202. The highest BCUT2D eigenvalue weighted by Crippen LogP contribution is 2.24. The summed E-state index contributed by atoms with van der Waals surface area (Å²) in [5.41, 5.74) is 2.01. The van der Waals surface area contributed by atoms with Crippen LogP contribution in [-0.4, -0.2) is 10.8 Å². The molecular weight excluding hydrogens is 293 g/mol. The van der Waals surface area contributed by atoms with E-state index in [0.29, 0.717) is 10.6 Å². The molecule has 0 atom stereocenters. The second-order valence-corrected chi connectivity index (χ2v) is 6.48. The Labute approximate surface area is 128 Å². The predicted molar refractivity (Wildman–Crippen MR) is 82.8 cm³/mol. The van der Waals surface area contributed by atoms with Gasteiger partial charge in [-0.1, -0.05) is 68.2 Å². The van der Waals surface area contributed by atoms with E-state index in [-0.39, 0.29) is 21.9 Å². The summed E-state index contributed by atoms with van der Waals surface area (Å²) < 4.78 is 0. The average molecular weight is 308 g/mol. The van der Waals surface area contributed by atoms with Gasteiger partial charge in [0, 0.05) is 11.8 Å². The van der Waals surface area contributed by atoms with Crippen LogP contribution in [0.25, 0.3) is 0 Å². The minimum absolute atomic E-state index is 0.0533. The van der Waals surface area contributed by atoms with E-state index in [9.17, 15) is 4.79 Å². The Bertz CT molecular complexity index is 643. The molecule has 2 nitrogen and oxygen atoms in total. The van der Waals surface area contributed by atoms with Crippen molar-refractivity contribution in [3.8, 4) is 0 Å². The Morgan fingerprint density at radius 1 is 1.10 bits per heavy atom. The lowest BCUT2D eigenvalue weighted by atomic mass is 9.86. The van der Waals surface area contributed by atoms with Gasteiger partial charge in [0.05, 0.1) is 10.0 Å². The molecule has 0 aliphatic rings. The van der Waals surface area contributed by atoms with Gasteiger partial charge in [-0.15, -0.1) is 0 Å². The van der Waals surface area contributed by atoms with Gasteiger partial charge in [-0.3, -0.25) is 4.79 Å². The molecule has 104 valence electrons. The first kappa shape index (κ1) is 15.0. The van der Waals surface area contributed by atoms with Gasteiger partial charge in [0.25, 0.3) is 0 Å². The highest BCUT2D eigenvalue weighted by molar-refractivity contribution is 6.37. The Kier molecular flexibility index (Phi) is 4.17. The van der Waals surface area contributed by atoms with Crippen LogP contribution >= 0.6 is 23.2 Å². The van der Waals surface area contributed by atoms with Gasteiger partial charge in [-0.2, -0.15) is 0 Å². The van der Waals surface area contributed by atoms with E-state index < -0.39 is 0 Å². The monoisotopic (exact) mass is 307 g/mol. The van der Waals surface area contributed by atoms with E-state index >= 15 is 0 Å². The van der Waals surface area contributed by atoms with Crippen molar-refractivity contribution in [2.24, 2.45) is 0 Å². The van der Waals surface area contributed by atoms with Gasteiger partial charge in [0.2, 0.25) is 5.78 Å². The maximum atomic E-state index is 12.3. The second kappa shape index (κ2) is 5.55. The van der Waals surface area contributed by atoms with Crippen LogP contribution in [0.3, 0.4) is 0 Å².